The summed E-state index contributed by atoms with van der Waals surface area (Å²) in [7, 11) is 4.08. The van der Waals surface area contributed by atoms with Gasteiger partial charge in [-0.15, -0.1) is 12.6 Å². The van der Waals surface area contributed by atoms with Crippen molar-refractivity contribution in [3.05, 3.63) is 11.5 Å². The Hall–Kier alpha value is 0.0500. The van der Waals surface area contributed by atoms with Gasteiger partial charge in [0, 0.05) is 6.54 Å². The second kappa shape index (κ2) is 3.98. The molecular weight excluding hydrogens is 118 g/mol. The molecule has 0 aliphatic rings. The van der Waals surface area contributed by atoms with E-state index in [0.717, 1.165) is 17.9 Å². The van der Waals surface area contributed by atoms with E-state index in [2.05, 4.69) is 24.1 Å². The summed E-state index contributed by atoms with van der Waals surface area (Å²) in [5.74, 6) is 0. The Morgan fingerprint density at radius 3 is 2.25 bits per heavy atom. The fraction of sp³-hybridized carbons (Fsp3) is 0.667. The van der Waals surface area contributed by atoms with E-state index in [-0.39, 0.29) is 0 Å². The van der Waals surface area contributed by atoms with Crippen LogP contribution in [0.15, 0.2) is 11.5 Å². The largest absolute Gasteiger partial charge is 0.309 e. The summed E-state index contributed by atoms with van der Waals surface area (Å²) in [6, 6.07) is 0. The van der Waals surface area contributed by atoms with Crippen molar-refractivity contribution < 1.29 is 0 Å². The van der Waals surface area contributed by atoms with E-state index in [0.29, 0.717) is 0 Å². The molecule has 0 rings (SSSR count). The molecule has 2 heteroatoms. The van der Waals surface area contributed by atoms with Gasteiger partial charge in [-0.3, -0.25) is 0 Å². The molecule has 0 aliphatic heterocycles. The van der Waals surface area contributed by atoms with Gasteiger partial charge in [0.25, 0.3) is 0 Å². The minimum Gasteiger partial charge on any atom is -0.309 e. The molecule has 0 saturated carbocycles. The minimum atomic E-state index is 0.957. The van der Waals surface area contributed by atoms with Crippen LogP contribution in [0.2, 0.25) is 0 Å². The molecule has 0 aromatic heterocycles. The van der Waals surface area contributed by atoms with Gasteiger partial charge in [-0.05, 0) is 25.4 Å². The first-order valence-corrected chi connectivity index (χ1v) is 3.09. The van der Waals surface area contributed by atoms with Crippen LogP contribution in [0.4, 0.5) is 0 Å². The van der Waals surface area contributed by atoms with Gasteiger partial charge in [-0.25, -0.2) is 0 Å². The highest BCUT2D eigenvalue weighted by Crippen LogP contribution is 2.01. The molecule has 1 nitrogen and oxygen atoms in total. The van der Waals surface area contributed by atoms with Gasteiger partial charge < -0.3 is 4.90 Å². The van der Waals surface area contributed by atoms with Crippen molar-refractivity contribution >= 4 is 12.6 Å². The first kappa shape index (κ1) is 8.05. The zero-order valence-electron chi connectivity index (χ0n) is 5.52. The highest BCUT2D eigenvalue weighted by Gasteiger charge is 1.88. The van der Waals surface area contributed by atoms with Crippen LogP contribution in [0.25, 0.3) is 0 Å². The lowest BCUT2D eigenvalue weighted by atomic mass is 10.4. The van der Waals surface area contributed by atoms with Crippen LogP contribution >= 0.6 is 12.6 Å². The molecule has 8 heavy (non-hydrogen) atoms. The molecule has 0 amide bonds. The maximum absolute atomic E-state index is 4.05. The third kappa shape index (κ3) is 6.05. The SMILES string of the molecule is C=C(S)CCN(C)C. The Labute approximate surface area is 56.8 Å². The van der Waals surface area contributed by atoms with Crippen LogP contribution < -0.4 is 0 Å². The van der Waals surface area contributed by atoms with Crippen molar-refractivity contribution in [2.24, 2.45) is 0 Å². The van der Waals surface area contributed by atoms with E-state index in [1.165, 1.54) is 0 Å². The third-order valence-corrected chi connectivity index (χ3v) is 1.07. The van der Waals surface area contributed by atoms with Gasteiger partial charge in [0.2, 0.25) is 0 Å². The normalized spacial score (nSPS) is 10.0. The quantitative estimate of drug-likeness (QED) is 0.566. The summed E-state index contributed by atoms with van der Waals surface area (Å²) in [6.45, 7) is 4.71. The van der Waals surface area contributed by atoms with Gasteiger partial charge in [0.05, 0.1) is 0 Å². The summed E-state index contributed by atoms with van der Waals surface area (Å²) in [4.78, 5) is 3.07. The van der Waals surface area contributed by atoms with Gasteiger partial charge in [0.15, 0.2) is 0 Å². The first-order valence-electron chi connectivity index (χ1n) is 2.64. The first-order chi connectivity index (χ1) is 3.63. The summed E-state index contributed by atoms with van der Waals surface area (Å²) in [5, 5.41) is 0. The third-order valence-electron chi connectivity index (χ3n) is 0.848. The molecule has 0 bridgehead atoms. The number of rotatable bonds is 3. The standard InChI is InChI=1S/C6H13NS/c1-6(8)4-5-7(2)3/h8H,1,4-5H2,2-3H3. The molecule has 0 atom stereocenters. The number of thiol groups is 1. The van der Waals surface area contributed by atoms with E-state index in [1.807, 2.05) is 14.1 Å². The van der Waals surface area contributed by atoms with E-state index < -0.39 is 0 Å². The van der Waals surface area contributed by atoms with E-state index in [1.54, 1.807) is 0 Å². The average molecular weight is 131 g/mol. The maximum atomic E-state index is 4.05. The maximum Gasteiger partial charge on any atom is 0.00205 e. The Bertz CT molecular complexity index is 78.6. The molecule has 0 fully saturated rings. The summed E-state index contributed by atoms with van der Waals surface area (Å²) >= 11 is 4.05. The van der Waals surface area contributed by atoms with Crippen LogP contribution in [0.5, 0.6) is 0 Å². The predicted octanol–water partition coefficient (Wildman–Crippen LogP) is 1.38. The number of hydrogen-bond donors (Lipinski definition) is 1. The van der Waals surface area contributed by atoms with Gasteiger partial charge in [-0.1, -0.05) is 6.58 Å². The van der Waals surface area contributed by atoms with Gasteiger partial charge >= 0.3 is 0 Å². The lowest BCUT2D eigenvalue weighted by Gasteiger charge is -2.06. The van der Waals surface area contributed by atoms with E-state index >= 15 is 0 Å². The molecular formula is C6H13NS. The molecule has 0 saturated heterocycles. The summed E-state index contributed by atoms with van der Waals surface area (Å²) < 4.78 is 0. The topological polar surface area (TPSA) is 3.24 Å². The second-order valence-corrected chi connectivity index (χ2v) is 2.75. The molecule has 0 aliphatic carbocycles. The van der Waals surface area contributed by atoms with Gasteiger partial charge in [-0.2, -0.15) is 0 Å². The highest BCUT2D eigenvalue weighted by molar-refractivity contribution is 7.84. The summed E-state index contributed by atoms with van der Waals surface area (Å²) in [6.07, 6.45) is 0.982. The molecule has 0 heterocycles. The lowest BCUT2D eigenvalue weighted by molar-refractivity contribution is 0.416. The molecule has 0 spiro atoms. The zero-order valence-corrected chi connectivity index (χ0v) is 6.41. The van der Waals surface area contributed by atoms with Gasteiger partial charge in [0.1, 0.15) is 0 Å². The highest BCUT2D eigenvalue weighted by atomic mass is 32.1. The van der Waals surface area contributed by atoms with E-state index in [9.17, 15) is 0 Å². The average Bonchev–Trinajstić information content (AvgIpc) is 1.61. The summed E-state index contributed by atoms with van der Waals surface area (Å²) in [5.41, 5.74) is 0. The zero-order chi connectivity index (χ0) is 6.57. The Balaban J connectivity index is 3.05. The van der Waals surface area contributed by atoms with Crippen LogP contribution in [0, 0.1) is 0 Å². The van der Waals surface area contributed by atoms with Crippen molar-refractivity contribution in [1.82, 2.24) is 4.90 Å². The van der Waals surface area contributed by atoms with Crippen LogP contribution in [0.3, 0.4) is 0 Å². The van der Waals surface area contributed by atoms with Crippen molar-refractivity contribution in [3.8, 4) is 0 Å². The monoisotopic (exact) mass is 131 g/mol. The van der Waals surface area contributed by atoms with Crippen LogP contribution in [-0.2, 0) is 0 Å². The fourth-order valence-corrected chi connectivity index (χ4v) is 0.453. The molecule has 0 N–H and O–H groups in total. The molecule has 48 valence electrons. The molecule has 0 aromatic carbocycles. The van der Waals surface area contributed by atoms with Crippen LogP contribution in [-0.4, -0.2) is 25.5 Å². The minimum absolute atomic E-state index is 0.957. The second-order valence-electron chi connectivity index (χ2n) is 2.12. The fourth-order valence-electron chi connectivity index (χ4n) is 0.353. The van der Waals surface area contributed by atoms with Crippen molar-refractivity contribution in [2.75, 3.05) is 20.6 Å². The molecule has 0 radical (unpaired) electrons. The number of nitrogens with zero attached hydrogens (tertiary/aromatic N) is 1. The Morgan fingerprint density at radius 2 is 2.12 bits per heavy atom. The van der Waals surface area contributed by atoms with Crippen molar-refractivity contribution in [3.63, 3.8) is 0 Å². The Morgan fingerprint density at radius 1 is 1.62 bits per heavy atom. The number of hydrogen-bond acceptors (Lipinski definition) is 2. The predicted molar refractivity (Wildman–Crippen MR) is 41.3 cm³/mol. The van der Waals surface area contributed by atoms with Crippen molar-refractivity contribution in [2.45, 2.75) is 6.42 Å². The molecule has 0 aromatic rings. The lowest BCUT2D eigenvalue weighted by Crippen LogP contribution is -2.12. The molecule has 0 unspecified atom stereocenters. The van der Waals surface area contributed by atoms with E-state index in [4.69, 9.17) is 0 Å². The Kier molecular flexibility index (Phi) is 4.01. The van der Waals surface area contributed by atoms with Crippen LogP contribution in [0.1, 0.15) is 6.42 Å². The smallest absolute Gasteiger partial charge is 0.00205 e. The van der Waals surface area contributed by atoms with Crippen molar-refractivity contribution in [1.29, 1.82) is 0 Å².